The maximum atomic E-state index is 12.7. The van der Waals surface area contributed by atoms with E-state index in [1.54, 1.807) is 31.5 Å². The minimum Gasteiger partial charge on any atom is -0.504 e. The fourth-order valence-electron chi connectivity index (χ4n) is 2.42. The highest BCUT2D eigenvalue weighted by atomic mass is 32.2. The van der Waals surface area contributed by atoms with Crippen LogP contribution in [0.1, 0.15) is 16.7 Å². The molecule has 3 rings (SSSR count). The third-order valence-corrected chi connectivity index (χ3v) is 4.93. The van der Waals surface area contributed by atoms with Crippen molar-refractivity contribution in [2.24, 2.45) is 10.1 Å². The molecule has 0 aromatic heterocycles. The molecule has 0 saturated carbocycles. The Morgan fingerprint density at radius 3 is 2.52 bits per heavy atom. The van der Waals surface area contributed by atoms with Gasteiger partial charge >= 0.3 is 0 Å². The van der Waals surface area contributed by atoms with Gasteiger partial charge in [-0.05, 0) is 48.0 Å². The molecule has 1 aliphatic rings. The number of amides is 1. The Labute approximate surface area is 161 Å². The number of ether oxygens (including phenoxy) is 1. The fraction of sp³-hybridized carbons (Fsp3) is 0.150. The Morgan fingerprint density at radius 1 is 1.15 bits per heavy atom. The zero-order chi connectivity index (χ0) is 19.4. The zero-order valence-corrected chi connectivity index (χ0v) is 16.0. The van der Waals surface area contributed by atoms with E-state index in [0.717, 1.165) is 16.7 Å². The quantitative estimate of drug-likeness (QED) is 0.648. The van der Waals surface area contributed by atoms with Crippen LogP contribution in [0.3, 0.4) is 0 Å². The second-order valence-corrected chi connectivity index (χ2v) is 6.83. The number of hydrazone groups is 1. The van der Waals surface area contributed by atoms with E-state index in [1.165, 1.54) is 29.9 Å². The lowest BCUT2D eigenvalue weighted by molar-refractivity contribution is -0.122. The maximum absolute atomic E-state index is 12.7. The van der Waals surface area contributed by atoms with Crippen molar-refractivity contribution in [2.45, 2.75) is 6.92 Å². The van der Waals surface area contributed by atoms with Gasteiger partial charge in [0.2, 0.25) is 0 Å². The number of hydrogen-bond acceptors (Lipinski definition) is 6. The molecule has 0 bridgehead atoms. The number of nitrogens with zero attached hydrogens (tertiary/aromatic N) is 3. The number of aromatic hydroxyl groups is 1. The smallest absolute Gasteiger partial charge is 0.287 e. The van der Waals surface area contributed by atoms with Gasteiger partial charge in [-0.25, -0.2) is 0 Å². The Morgan fingerprint density at radius 2 is 1.85 bits per heavy atom. The topological polar surface area (TPSA) is 74.5 Å². The average Bonchev–Trinajstić information content (AvgIpc) is 2.97. The maximum Gasteiger partial charge on any atom is 0.287 e. The number of amidine groups is 1. The second-order valence-electron chi connectivity index (χ2n) is 5.82. The summed E-state index contributed by atoms with van der Waals surface area (Å²) in [4.78, 5) is 17.4. The van der Waals surface area contributed by atoms with Crippen LogP contribution in [0.4, 0.5) is 0 Å². The molecule has 1 saturated heterocycles. The summed E-state index contributed by atoms with van der Waals surface area (Å²) in [5, 5.41) is 15.8. The summed E-state index contributed by atoms with van der Waals surface area (Å²) in [5.41, 5.74) is 2.79. The van der Waals surface area contributed by atoms with Crippen LogP contribution in [0.15, 0.2) is 57.5 Å². The van der Waals surface area contributed by atoms with Gasteiger partial charge in [0.05, 0.1) is 18.2 Å². The monoisotopic (exact) mass is 381 g/mol. The van der Waals surface area contributed by atoms with E-state index in [1.807, 2.05) is 31.2 Å². The third kappa shape index (κ3) is 4.20. The lowest BCUT2D eigenvalue weighted by Crippen LogP contribution is -2.23. The molecule has 1 amide bonds. The summed E-state index contributed by atoms with van der Waals surface area (Å²) in [5.74, 6) is 0.139. The minimum atomic E-state index is -0.254. The van der Waals surface area contributed by atoms with E-state index in [2.05, 4.69) is 10.1 Å². The van der Waals surface area contributed by atoms with Gasteiger partial charge in [-0.1, -0.05) is 35.9 Å². The van der Waals surface area contributed by atoms with E-state index < -0.39 is 0 Å². The van der Waals surface area contributed by atoms with E-state index in [9.17, 15) is 9.90 Å². The van der Waals surface area contributed by atoms with Gasteiger partial charge in [-0.3, -0.25) is 9.79 Å². The summed E-state index contributed by atoms with van der Waals surface area (Å²) in [6, 6.07) is 12.7. The van der Waals surface area contributed by atoms with Crippen LogP contribution >= 0.6 is 11.8 Å². The minimum absolute atomic E-state index is 0.0465. The molecule has 0 radical (unpaired) electrons. The summed E-state index contributed by atoms with van der Waals surface area (Å²) < 4.78 is 5.11. The van der Waals surface area contributed by atoms with Crippen LogP contribution in [-0.4, -0.2) is 41.6 Å². The van der Waals surface area contributed by atoms with Crippen molar-refractivity contribution < 1.29 is 14.6 Å². The summed E-state index contributed by atoms with van der Waals surface area (Å²) in [6.45, 7) is 2.01. The van der Waals surface area contributed by atoms with Gasteiger partial charge in [0.25, 0.3) is 5.91 Å². The molecule has 27 heavy (non-hydrogen) atoms. The van der Waals surface area contributed by atoms with Crippen molar-refractivity contribution in [1.82, 2.24) is 5.01 Å². The lowest BCUT2D eigenvalue weighted by Gasteiger charge is -2.07. The van der Waals surface area contributed by atoms with Crippen LogP contribution < -0.4 is 4.74 Å². The molecule has 2 aromatic carbocycles. The molecule has 0 spiro atoms. The molecule has 7 heteroatoms. The first-order chi connectivity index (χ1) is 13.0. The number of methoxy groups -OCH3 is 1. The molecule has 2 aromatic rings. The van der Waals surface area contributed by atoms with Gasteiger partial charge in [0, 0.05) is 7.05 Å². The summed E-state index contributed by atoms with van der Waals surface area (Å²) >= 11 is 1.25. The van der Waals surface area contributed by atoms with Gasteiger partial charge in [-0.2, -0.15) is 10.1 Å². The highest BCUT2D eigenvalue weighted by Gasteiger charge is 2.33. The second kappa shape index (κ2) is 8.09. The first-order valence-electron chi connectivity index (χ1n) is 8.20. The Bertz CT molecular complexity index is 949. The number of rotatable bonds is 4. The van der Waals surface area contributed by atoms with E-state index in [4.69, 9.17) is 4.74 Å². The highest BCUT2D eigenvalue weighted by molar-refractivity contribution is 8.18. The SMILES string of the molecule is CN=C1S/C(=C/c2ccc(O)c(OC)c2)C(=O)N1/N=C/c1ccc(C)cc1. The molecule has 1 heterocycles. The number of hydrogen-bond donors (Lipinski definition) is 1. The highest BCUT2D eigenvalue weighted by Crippen LogP contribution is 2.34. The van der Waals surface area contributed by atoms with Crippen molar-refractivity contribution in [3.63, 3.8) is 0 Å². The molecule has 1 aliphatic heterocycles. The molecule has 0 unspecified atom stereocenters. The molecule has 138 valence electrons. The molecule has 1 N–H and O–H groups in total. The fourth-order valence-corrected chi connectivity index (χ4v) is 3.30. The molecular weight excluding hydrogens is 362 g/mol. The van der Waals surface area contributed by atoms with Crippen LogP contribution in [0.2, 0.25) is 0 Å². The predicted molar refractivity (Wildman–Crippen MR) is 109 cm³/mol. The Hall–Kier alpha value is -3.06. The van der Waals surface area contributed by atoms with Crippen molar-refractivity contribution >= 4 is 35.1 Å². The van der Waals surface area contributed by atoms with Gasteiger partial charge < -0.3 is 9.84 Å². The standard InChI is InChI=1S/C20H19N3O3S/c1-13-4-6-14(7-5-13)12-22-23-19(25)18(27-20(23)21-2)11-15-8-9-16(24)17(10-15)26-3/h4-12,24H,1-3H3/b18-11+,21-20?,22-12+. The van der Waals surface area contributed by atoms with Crippen LogP contribution in [-0.2, 0) is 4.79 Å². The van der Waals surface area contributed by atoms with Crippen molar-refractivity contribution in [1.29, 1.82) is 0 Å². The molecule has 0 atom stereocenters. The number of phenols is 1. The molecule has 6 nitrogen and oxygen atoms in total. The number of phenolic OH excluding ortho intramolecular Hbond substituents is 1. The van der Waals surface area contributed by atoms with Crippen molar-refractivity contribution in [3.05, 3.63) is 64.1 Å². The van der Waals surface area contributed by atoms with Crippen LogP contribution in [0.5, 0.6) is 11.5 Å². The number of aliphatic imine (C=N–C) groups is 1. The largest absolute Gasteiger partial charge is 0.504 e. The van der Waals surface area contributed by atoms with E-state index in [0.29, 0.717) is 15.8 Å². The molecular formula is C20H19N3O3S. The van der Waals surface area contributed by atoms with E-state index >= 15 is 0 Å². The zero-order valence-electron chi connectivity index (χ0n) is 15.2. The van der Waals surface area contributed by atoms with E-state index in [-0.39, 0.29) is 11.7 Å². The normalized spacial score (nSPS) is 17.4. The van der Waals surface area contributed by atoms with Crippen molar-refractivity contribution in [3.8, 4) is 11.5 Å². The predicted octanol–water partition coefficient (Wildman–Crippen LogP) is 3.65. The lowest BCUT2D eigenvalue weighted by atomic mass is 10.2. The van der Waals surface area contributed by atoms with Crippen LogP contribution in [0, 0.1) is 6.92 Å². The Balaban J connectivity index is 1.86. The number of thioether (sulfide) groups is 1. The number of aryl methyl sites for hydroxylation is 1. The first-order valence-corrected chi connectivity index (χ1v) is 9.02. The van der Waals surface area contributed by atoms with Gasteiger partial charge in [0.15, 0.2) is 16.7 Å². The number of carbonyl (C=O) groups is 1. The Kier molecular flexibility index (Phi) is 5.61. The van der Waals surface area contributed by atoms with Crippen LogP contribution in [0.25, 0.3) is 6.08 Å². The molecule has 1 fully saturated rings. The van der Waals surface area contributed by atoms with Crippen molar-refractivity contribution in [2.75, 3.05) is 14.2 Å². The summed E-state index contributed by atoms with van der Waals surface area (Å²) in [7, 11) is 3.10. The third-order valence-electron chi connectivity index (χ3n) is 3.88. The average molecular weight is 381 g/mol. The molecule has 0 aliphatic carbocycles. The first kappa shape index (κ1) is 18.7. The number of carbonyl (C=O) groups excluding carboxylic acids is 1. The number of benzene rings is 2. The van der Waals surface area contributed by atoms with Gasteiger partial charge in [0.1, 0.15) is 0 Å². The van der Waals surface area contributed by atoms with Gasteiger partial charge in [-0.15, -0.1) is 0 Å². The summed E-state index contributed by atoms with van der Waals surface area (Å²) in [6.07, 6.45) is 3.36.